The van der Waals surface area contributed by atoms with Gasteiger partial charge in [0.15, 0.2) is 11.5 Å². The van der Waals surface area contributed by atoms with Crippen molar-refractivity contribution in [1.29, 1.82) is 0 Å². The molecule has 2 unspecified atom stereocenters. The Hall–Kier alpha value is -6.34. The van der Waals surface area contributed by atoms with Crippen LogP contribution in [0, 0.1) is 24.4 Å². The van der Waals surface area contributed by atoms with Gasteiger partial charge < -0.3 is 39.3 Å². The standard InChI is InChI=1S/C43H43F3N12O4/c1-22-48-33-13-24(45)11-29-32-5-4-6-36(50-32)49-25-14-35(40(59)53(2)20-28(62-3)21-55(22)37(29)33)56(17-25)38-30-16-47-58(34-8-7-23(44)12-31(34)46)39(30)52-42(51-38)57-26-15-27(57)19-54(18-26)41(60)43(61)9-10-43/h4-8,11-13,16,25-28,35,61H,9-10,14-15,17-21H2,1-3H3,(H,49,50)/t25-,26?,27?,28-,35-/m0/s1. The number of carbonyl (C=O) groups is 2. The van der Waals surface area contributed by atoms with E-state index in [1.807, 2.05) is 39.5 Å². The predicted molar refractivity (Wildman–Crippen MR) is 221 cm³/mol. The maximum absolute atomic E-state index is 15.5. The van der Waals surface area contributed by atoms with E-state index in [0.717, 1.165) is 18.6 Å². The number of amides is 2. The van der Waals surface area contributed by atoms with Crippen LogP contribution in [0.3, 0.4) is 0 Å². The zero-order valence-electron chi connectivity index (χ0n) is 34.2. The first-order chi connectivity index (χ1) is 29.8. The van der Waals surface area contributed by atoms with E-state index in [0.29, 0.717) is 90.0 Å². The number of likely N-dealkylation sites (N-methyl/N-ethyl adjacent to an activating group) is 1. The zero-order valence-corrected chi connectivity index (χ0v) is 34.2. The summed E-state index contributed by atoms with van der Waals surface area (Å²) in [6.45, 7) is 3.41. The Morgan fingerprint density at radius 2 is 1.74 bits per heavy atom. The van der Waals surface area contributed by atoms with Crippen LogP contribution in [-0.2, 0) is 20.9 Å². The highest BCUT2D eigenvalue weighted by molar-refractivity contribution is 5.95. The Morgan fingerprint density at radius 1 is 0.935 bits per heavy atom. The molecule has 12 rings (SSSR count). The number of pyridine rings is 1. The van der Waals surface area contributed by atoms with Crippen molar-refractivity contribution >= 4 is 51.5 Å². The molecule has 1 aliphatic carbocycles. The number of nitrogens with one attached hydrogen (secondary N) is 1. The largest absolute Gasteiger partial charge is 0.380 e. The molecule has 0 radical (unpaired) electrons. The normalized spacial score (nSPS) is 24.2. The van der Waals surface area contributed by atoms with Crippen LogP contribution < -0.4 is 15.1 Å². The third kappa shape index (κ3) is 6.22. The summed E-state index contributed by atoms with van der Waals surface area (Å²) in [6, 6.07) is 10.2. The second kappa shape index (κ2) is 14.1. The zero-order chi connectivity index (χ0) is 42.8. The number of ether oxygens (including phenoxy) is 1. The number of aryl methyl sites for hydroxylation is 1. The molecule has 2 aromatic carbocycles. The molecule has 19 heteroatoms. The van der Waals surface area contributed by atoms with Crippen LogP contribution in [0.25, 0.3) is 39.0 Å². The fourth-order valence-corrected chi connectivity index (χ4v) is 9.89. The summed E-state index contributed by atoms with van der Waals surface area (Å²) in [5.41, 5.74) is 1.25. The molecule has 16 nitrogen and oxygen atoms in total. The lowest BCUT2D eigenvalue weighted by atomic mass is 9.87. The van der Waals surface area contributed by atoms with Crippen molar-refractivity contribution < 1.29 is 32.6 Å². The topological polar surface area (TPSA) is 163 Å². The second-order valence-electron chi connectivity index (χ2n) is 17.2. The smallest absolute Gasteiger partial charge is 0.254 e. The van der Waals surface area contributed by atoms with Gasteiger partial charge in [-0.1, -0.05) is 6.07 Å². The summed E-state index contributed by atoms with van der Waals surface area (Å²) in [5.74, 6) is -0.585. The Balaban J connectivity index is 1.02. The second-order valence-corrected chi connectivity index (χ2v) is 17.2. The summed E-state index contributed by atoms with van der Waals surface area (Å²) in [4.78, 5) is 55.2. The molecule has 6 aliphatic rings. The molecule has 4 saturated heterocycles. The number of rotatable bonds is 5. The molecule has 5 aliphatic heterocycles. The molecule has 62 heavy (non-hydrogen) atoms. The number of imidazole rings is 1. The number of benzene rings is 2. The number of hydrogen-bond donors (Lipinski definition) is 2. The number of anilines is 3. The van der Waals surface area contributed by atoms with Gasteiger partial charge in [0.2, 0.25) is 11.9 Å². The van der Waals surface area contributed by atoms with Gasteiger partial charge >= 0.3 is 0 Å². The van der Waals surface area contributed by atoms with Crippen molar-refractivity contribution in [3.8, 4) is 16.9 Å². The highest BCUT2D eigenvalue weighted by Crippen LogP contribution is 2.43. The van der Waals surface area contributed by atoms with E-state index in [-0.39, 0.29) is 54.4 Å². The van der Waals surface area contributed by atoms with Gasteiger partial charge in [-0.2, -0.15) is 15.1 Å². The first-order valence-corrected chi connectivity index (χ1v) is 20.8. The maximum atomic E-state index is 15.5. The van der Waals surface area contributed by atoms with E-state index < -0.39 is 35.2 Å². The number of piperidine rings is 1. The minimum absolute atomic E-state index is 0.0200. The maximum Gasteiger partial charge on any atom is 0.254 e. The number of aromatic nitrogens is 7. The van der Waals surface area contributed by atoms with E-state index in [1.54, 1.807) is 24.0 Å². The fraction of sp³-hybridized carbons (Fsp3) is 0.419. The molecule has 5 atom stereocenters. The van der Waals surface area contributed by atoms with E-state index in [9.17, 15) is 19.1 Å². The number of piperazine rings is 1. The van der Waals surface area contributed by atoms with Crippen LogP contribution in [0.1, 0.15) is 31.5 Å². The summed E-state index contributed by atoms with van der Waals surface area (Å²) >= 11 is 0. The molecule has 4 aromatic heterocycles. The number of fused-ring (bicyclic) bond motifs is 8. The predicted octanol–water partition coefficient (Wildman–Crippen LogP) is 3.81. The highest BCUT2D eigenvalue weighted by atomic mass is 19.1. The average Bonchev–Trinajstić information content (AvgIpc) is 3.51. The SMILES string of the molecule is CO[C@H]1CN(C)C(=O)[C@@H]2C[C@@H](CN2c2nc(N3C4CC3CN(C(=O)C3(O)CC3)C4)nc3c2cnn3-c2ccc(F)cc2F)Nc2cccc(n2)-c2cc(F)cc3nc(C)n(c23)C1. The van der Waals surface area contributed by atoms with Crippen molar-refractivity contribution in [2.75, 3.05) is 55.5 Å². The quantitative estimate of drug-likeness (QED) is 0.259. The summed E-state index contributed by atoms with van der Waals surface area (Å²) in [6.07, 6.45) is 3.07. The molecular weight excluding hydrogens is 806 g/mol. The van der Waals surface area contributed by atoms with E-state index in [1.165, 1.54) is 29.1 Å². The van der Waals surface area contributed by atoms with Crippen LogP contribution in [0.4, 0.5) is 30.8 Å². The average molecular weight is 849 g/mol. The van der Waals surface area contributed by atoms with Crippen molar-refractivity contribution in [1.82, 2.24) is 44.1 Å². The molecule has 6 bridgehead atoms. The van der Waals surface area contributed by atoms with Crippen LogP contribution in [-0.4, -0.2) is 137 Å². The van der Waals surface area contributed by atoms with Gasteiger partial charge in [0, 0.05) is 64.1 Å². The van der Waals surface area contributed by atoms with Crippen LogP contribution in [0.5, 0.6) is 0 Å². The molecule has 6 aromatic rings. The first-order valence-electron chi connectivity index (χ1n) is 20.8. The van der Waals surface area contributed by atoms with Gasteiger partial charge in [0.05, 0.1) is 53.0 Å². The number of aliphatic hydroxyl groups is 1. The fourth-order valence-electron chi connectivity index (χ4n) is 9.89. The lowest BCUT2D eigenvalue weighted by Crippen LogP contribution is -2.71. The number of methoxy groups -OCH3 is 1. The lowest BCUT2D eigenvalue weighted by molar-refractivity contribution is -0.145. The first kappa shape index (κ1) is 38.6. The minimum Gasteiger partial charge on any atom is -0.380 e. The number of hydrogen-bond acceptors (Lipinski definition) is 12. The summed E-state index contributed by atoms with van der Waals surface area (Å²) < 4.78 is 54.1. The highest BCUT2D eigenvalue weighted by Gasteiger charge is 2.55. The van der Waals surface area contributed by atoms with Gasteiger partial charge in [-0.15, -0.1) is 0 Å². The Kier molecular flexibility index (Phi) is 8.77. The van der Waals surface area contributed by atoms with E-state index >= 15 is 8.78 Å². The molecule has 5 fully saturated rings. The van der Waals surface area contributed by atoms with Crippen molar-refractivity contribution in [2.24, 2.45) is 0 Å². The van der Waals surface area contributed by atoms with Crippen molar-refractivity contribution in [3.63, 3.8) is 0 Å². The monoisotopic (exact) mass is 848 g/mol. The van der Waals surface area contributed by atoms with Crippen LogP contribution in [0.15, 0.2) is 54.7 Å². The molecular formula is C43H43F3N12O4. The Bertz CT molecular complexity index is 2820. The van der Waals surface area contributed by atoms with Gasteiger partial charge in [0.25, 0.3) is 5.91 Å². The number of nitrogens with zero attached hydrogens (tertiary/aromatic N) is 11. The van der Waals surface area contributed by atoms with Gasteiger partial charge in [-0.05, 0) is 62.9 Å². The van der Waals surface area contributed by atoms with Gasteiger partial charge in [0.1, 0.15) is 46.4 Å². The third-order valence-corrected chi connectivity index (χ3v) is 13.2. The van der Waals surface area contributed by atoms with E-state index in [4.69, 9.17) is 19.7 Å². The van der Waals surface area contributed by atoms with Crippen molar-refractivity contribution in [2.45, 2.75) is 75.0 Å². The Morgan fingerprint density at radius 3 is 2.50 bits per heavy atom. The summed E-state index contributed by atoms with van der Waals surface area (Å²) in [5, 5.41) is 19.2. The summed E-state index contributed by atoms with van der Waals surface area (Å²) in [7, 11) is 3.33. The van der Waals surface area contributed by atoms with Crippen molar-refractivity contribution in [3.05, 3.63) is 78.0 Å². The minimum atomic E-state index is -1.29. The van der Waals surface area contributed by atoms with Gasteiger partial charge in [-0.25, -0.2) is 27.8 Å². The molecule has 2 amide bonds. The molecule has 320 valence electrons. The Labute approximate surface area is 352 Å². The molecule has 1 saturated carbocycles. The van der Waals surface area contributed by atoms with E-state index in [2.05, 4.69) is 15.4 Å². The number of halogens is 3. The molecule has 2 N–H and O–H groups in total. The lowest BCUT2D eigenvalue weighted by Gasteiger charge is -2.56. The number of carbonyl (C=O) groups excluding carboxylic acids is 2. The molecule has 9 heterocycles. The van der Waals surface area contributed by atoms with Gasteiger partial charge in [-0.3, -0.25) is 9.59 Å². The van der Waals surface area contributed by atoms with Crippen LogP contribution >= 0.6 is 0 Å². The third-order valence-electron chi connectivity index (χ3n) is 13.2. The molecule has 0 spiro atoms. The van der Waals surface area contributed by atoms with Crippen LogP contribution in [0.2, 0.25) is 0 Å².